The Balaban J connectivity index is 1.45. The predicted molar refractivity (Wildman–Crippen MR) is 146 cm³/mol. The third-order valence-electron chi connectivity index (χ3n) is 5.60. The van der Waals surface area contributed by atoms with Gasteiger partial charge in [0.1, 0.15) is 0 Å². The van der Waals surface area contributed by atoms with Crippen LogP contribution >= 0.6 is 23.1 Å². The smallest absolute Gasteiger partial charge is 0.270 e. The number of benzene rings is 3. The number of rotatable bonds is 6. The van der Waals surface area contributed by atoms with Gasteiger partial charge in [0.15, 0.2) is 10.3 Å². The summed E-state index contributed by atoms with van der Waals surface area (Å²) in [6.45, 7) is 6.18. The van der Waals surface area contributed by atoms with Gasteiger partial charge in [0.25, 0.3) is 10.0 Å². The highest BCUT2D eigenvalue weighted by Crippen LogP contribution is 2.31. The lowest BCUT2D eigenvalue weighted by Gasteiger charge is -2.14. The Morgan fingerprint density at radius 1 is 1.00 bits per heavy atom. The molecule has 2 aromatic heterocycles. The van der Waals surface area contributed by atoms with E-state index in [0.29, 0.717) is 16.2 Å². The van der Waals surface area contributed by atoms with E-state index in [4.69, 9.17) is 0 Å². The second kappa shape index (κ2) is 9.34. The fourth-order valence-corrected chi connectivity index (χ4v) is 7.20. The van der Waals surface area contributed by atoms with E-state index in [1.165, 1.54) is 15.3 Å². The van der Waals surface area contributed by atoms with Crippen molar-refractivity contribution in [1.82, 2.24) is 13.9 Å². The Kier molecular flexibility index (Phi) is 6.36. The van der Waals surface area contributed by atoms with Gasteiger partial charge in [-0.1, -0.05) is 75.0 Å². The van der Waals surface area contributed by atoms with Crippen LogP contribution in [0.15, 0.2) is 82.2 Å². The molecule has 1 amide bonds. The first-order valence-electron chi connectivity index (χ1n) is 11.2. The predicted octanol–water partition coefficient (Wildman–Crippen LogP) is 5.91. The number of aromatic nitrogens is 3. The maximum Gasteiger partial charge on any atom is 0.270 e. The molecule has 7 nitrogen and oxygen atoms in total. The molecule has 3 aromatic carbocycles. The molecule has 0 saturated heterocycles. The Labute approximate surface area is 217 Å². The molecule has 0 saturated carbocycles. The van der Waals surface area contributed by atoms with Gasteiger partial charge >= 0.3 is 0 Å². The van der Waals surface area contributed by atoms with E-state index in [0.717, 1.165) is 28.2 Å². The number of nitrogens with zero attached hydrogens (tertiary/aromatic N) is 3. The highest BCUT2D eigenvalue weighted by atomic mass is 32.2. The van der Waals surface area contributed by atoms with E-state index in [-0.39, 0.29) is 27.1 Å². The topological polar surface area (TPSA) is 94.0 Å². The van der Waals surface area contributed by atoms with Gasteiger partial charge in [-0.3, -0.25) is 4.79 Å². The van der Waals surface area contributed by atoms with Crippen LogP contribution in [0.3, 0.4) is 0 Å². The summed E-state index contributed by atoms with van der Waals surface area (Å²) in [4.78, 5) is 21.9. The van der Waals surface area contributed by atoms with Crippen molar-refractivity contribution in [1.29, 1.82) is 0 Å². The third-order valence-corrected chi connectivity index (χ3v) is 9.11. The summed E-state index contributed by atoms with van der Waals surface area (Å²) in [5.74, 6) is -0.294. The molecular weight excluding hydrogens is 513 g/mol. The van der Waals surface area contributed by atoms with Crippen molar-refractivity contribution in [3.05, 3.63) is 77.8 Å². The minimum absolute atomic E-state index is 0.0129. The average Bonchev–Trinajstić information content (AvgIpc) is 3.47. The molecule has 0 aliphatic heterocycles. The molecule has 10 heteroatoms. The highest BCUT2D eigenvalue weighted by molar-refractivity contribution is 8.00. The molecule has 0 bridgehead atoms. The lowest BCUT2D eigenvalue weighted by molar-refractivity contribution is -0.113. The van der Waals surface area contributed by atoms with Gasteiger partial charge in [0, 0.05) is 10.8 Å². The van der Waals surface area contributed by atoms with Gasteiger partial charge in [-0.2, -0.15) is 0 Å². The number of carbonyl (C=O) groups is 1. The summed E-state index contributed by atoms with van der Waals surface area (Å²) in [5, 5.41) is 7.27. The number of hydrogen-bond acceptors (Lipinski definition) is 7. The summed E-state index contributed by atoms with van der Waals surface area (Å²) < 4.78 is 28.8. The number of nitrogens with one attached hydrogen (secondary N) is 1. The minimum Gasteiger partial charge on any atom is -0.301 e. The van der Waals surface area contributed by atoms with Crippen molar-refractivity contribution in [2.45, 2.75) is 36.2 Å². The van der Waals surface area contributed by atoms with Crippen LogP contribution in [0.5, 0.6) is 0 Å². The number of anilines is 1. The fraction of sp³-hybridized carbons (Fsp3) is 0.192. The van der Waals surface area contributed by atoms with E-state index in [1.807, 2.05) is 29.6 Å². The van der Waals surface area contributed by atoms with Crippen molar-refractivity contribution < 1.29 is 13.2 Å². The zero-order valence-corrected chi connectivity index (χ0v) is 22.4. The number of amides is 1. The van der Waals surface area contributed by atoms with Crippen LogP contribution in [0.1, 0.15) is 26.5 Å². The van der Waals surface area contributed by atoms with Crippen molar-refractivity contribution in [2.75, 3.05) is 11.1 Å². The first-order chi connectivity index (χ1) is 17.1. The van der Waals surface area contributed by atoms with Crippen LogP contribution in [-0.2, 0) is 20.2 Å². The molecule has 0 aliphatic carbocycles. The first kappa shape index (κ1) is 24.5. The van der Waals surface area contributed by atoms with Crippen LogP contribution in [0.4, 0.5) is 5.13 Å². The lowest BCUT2D eigenvalue weighted by atomic mass is 9.93. The van der Waals surface area contributed by atoms with E-state index in [1.54, 1.807) is 42.5 Å². The van der Waals surface area contributed by atoms with Crippen molar-refractivity contribution in [3.8, 4) is 0 Å². The molecule has 0 radical (unpaired) electrons. The molecule has 36 heavy (non-hydrogen) atoms. The molecule has 2 heterocycles. The van der Waals surface area contributed by atoms with Gasteiger partial charge < -0.3 is 5.32 Å². The number of thioether (sulfide) groups is 1. The van der Waals surface area contributed by atoms with Crippen LogP contribution in [0.2, 0.25) is 0 Å². The Bertz CT molecular complexity index is 1700. The highest BCUT2D eigenvalue weighted by Gasteiger charge is 2.25. The molecule has 184 valence electrons. The van der Waals surface area contributed by atoms with E-state index < -0.39 is 10.0 Å². The molecule has 5 aromatic rings. The summed E-state index contributed by atoms with van der Waals surface area (Å²) in [7, 11) is -3.97. The standard InChI is InChI=1S/C26H24N4O3S3/c1-26(2,3)22-15-34-24(28-22)29-23(31)16-35-25-27-20-10-6-7-11-21(20)30(25)36(32,33)19-13-12-17-8-4-5-9-18(17)14-19/h4-15H,16H2,1-3H3,(H,28,29,31). The van der Waals surface area contributed by atoms with Gasteiger partial charge in [-0.15, -0.1) is 11.3 Å². The number of hydrogen-bond donors (Lipinski definition) is 1. The number of para-hydroxylation sites is 2. The van der Waals surface area contributed by atoms with Crippen molar-refractivity contribution >= 4 is 66.0 Å². The Hall–Kier alpha value is -3.21. The number of fused-ring (bicyclic) bond motifs is 2. The minimum atomic E-state index is -3.97. The second-order valence-electron chi connectivity index (χ2n) is 9.29. The van der Waals surface area contributed by atoms with Gasteiger partial charge in [0.2, 0.25) is 5.91 Å². The maximum absolute atomic E-state index is 13.8. The largest absolute Gasteiger partial charge is 0.301 e. The monoisotopic (exact) mass is 536 g/mol. The summed E-state index contributed by atoms with van der Waals surface area (Å²) in [6, 6.07) is 19.7. The normalized spacial score (nSPS) is 12.3. The fourth-order valence-electron chi connectivity index (χ4n) is 3.70. The Morgan fingerprint density at radius 3 is 2.47 bits per heavy atom. The summed E-state index contributed by atoms with van der Waals surface area (Å²) in [6.07, 6.45) is 0. The molecule has 5 rings (SSSR count). The molecule has 0 atom stereocenters. The van der Waals surface area contributed by atoms with Crippen LogP contribution in [0, 0.1) is 0 Å². The average molecular weight is 537 g/mol. The van der Waals surface area contributed by atoms with Gasteiger partial charge in [-0.25, -0.2) is 22.4 Å². The lowest BCUT2D eigenvalue weighted by Crippen LogP contribution is -2.17. The Morgan fingerprint density at radius 2 is 1.72 bits per heavy atom. The quantitative estimate of drug-likeness (QED) is 0.271. The molecular formula is C26H24N4O3S3. The first-order valence-corrected chi connectivity index (χ1v) is 14.5. The number of thiazole rings is 1. The van der Waals surface area contributed by atoms with Crippen molar-refractivity contribution in [2.24, 2.45) is 0 Å². The molecule has 1 N–H and O–H groups in total. The maximum atomic E-state index is 13.8. The SMILES string of the molecule is CC(C)(C)c1csc(NC(=O)CSc2nc3ccccc3n2S(=O)(=O)c2ccc3ccccc3c2)n1. The molecule has 0 spiro atoms. The molecule has 0 fully saturated rings. The number of imidazole rings is 1. The second-order valence-corrected chi connectivity index (χ2v) is 12.9. The van der Waals surface area contributed by atoms with E-state index in [2.05, 4.69) is 36.1 Å². The van der Waals surface area contributed by atoms with E-state index in [9.17, 15) is 13.2 Å². The van der Waals surface area contributed by atoms with Gasteiger partial charge in [0.05, 0.1) is 27.4 Å². The molecule has 0 aliphatic rings. The van der Waals surface area contributed by atoms with Crippen molar-refractivity contribution in [3.63, 3.8) is 0 Å². The number of carbonyl (C=O) groups excluding carboxylic acids is 1. The molecule has 0 unspecified atom stereocenters. The van der Waals surface area contributed by atoms with Crippen LogP contribution in [-0.4, -0.2) is 34.0 Å². The zero-order valence-electron chi connectivity index (χ0n) is 19.9. The van der Waals surface area contributed by atoms with E-state index >= 15 is 0 Å². The van der Waals surface area contributed by atoms with Crippen LogP contribution < -0.4 is 5.32 Å². The van der Waals surface area contributed by atoms with Crippen LogP contribution in [0.25, 0.3) is 21.8 Å². The summed E-state index contributed by atoms with van der Waals surface area (Å²) >= 11 is 2.44. The van der Waals surface area contributed by atoms with Gasteiger partial charge in [-0.05, 0) is 35.0 Å². The summed E-state index contributed by atoms with van der Waals surface area (Å²) in [5.41, 5.74) is 1.79. The zero-order chi connectivity index (χ0) is 25.5. The third kappa shape index (κ3) is 4.76.